The molecule has 2 nitrogen and oxygen atoms in total. The summed E-state index contributed by atoms with van der Waals surface area (Å²) in [6.07, 6.45) is 20.8. The number of nitrogens with zero attached hydrogens (tertiary/aromatic N) is 1. The molecule has 0 heterocycles. The number of hydrogen-bond acceptors (Lipinski definition) is 2. The Balaban J connectivity index is 0. The molecule has 2 rings (SSSR count). The van der Waals surface area contributed by atoms with Gasteiger partial charge in [-0.3, -0.25) is 9.79 Å². The Hall–Kier alpha value is -2.48. The SMILES string of the molecule is C/C=C\C(CC)=C1\C=CC=CC1.CC.CC.CCCCCC(=NCC(C)=O)C(CC)c1ccccc1. The summed E-state index contributed by atoms with van der Waals surface area (Å²) < 4.78 is 0. The number of hydrogen-bond donors (Lipinski definition) is 0. The maximum absolute atomic E-state index is 11.2. The number of aliphatic imine (C=N–C) groups is 1. The average molecular weight is 494 g/mol. The smallest absolute Gasteiger partial charge is 0.151 e. The molecule has 0 spiro atoms. The van der Waals surface area contributed by atoms with Crippen molar-refractivity contribution in [3.8, 4) is 0 Å². The van der Waals surface area contributed by atoms with Crippen molar-refractivity contribution in [2.75, 3.05) is 6.54 Å². The lowest BCUT2D eigenvalue weighted by Crippen LogP contribution is -2.14. The zero-order valence-electron chi connectivity index (χ0n) is 24.9. The zero-order chi connectivity index (χ0) is 27.6. The molecular weight excluding hydrogens is 438 g/mol. The van der Waals surface area contributed by atoms with E-state index in [0.717, 1.165) is 32.1 Å². The van der Waals surface area contributed by atoms with E-state index in [9.17, 15) is 4.79 Å². The van der Waals surface area contributed by atoms with E-state index >= 15 is 0 Å². The second-order valence-electron chi connectivity index (χ2n) is 8.23. The van der Waals surface area contributed by atoms with Crippen LogP contribution in [-0.4, -0.2) is 18.0 Å². The minimum absolute atomic E-state index is 0.140. The van der Waals surface area contributed by atoms with Gasteiger partial charge in [0.05, 0.1) is 6.54 Å². The van der Waals surface area contributed by atoms with Crippen molar-refractivity contribution in [2.24, 2.45) is 4.99 Å². The summed E-state index contributed by atoms with van der Waals surface area (Å²) >= 11 is 0. The van der Waals surface area contributed by atoms with Crippen LogP contribution >= 0.6 is 0 Å². The molecule has 1 aromatic carbocycles. The lowest BCUT2D eigenvalue weighted by atomic mass is 9.89. The minimum Gasteiger partial charge on any atom is -0.298 e. The van der Waals surface area contributed by atoms with Crippen molar-refractivity contribution >= 4 is 11.5 Å². The Bertz CT molecular complexity index is 809. The number of ketones is 1. The van der Waals surface area contributed by atoms with E-state index in [1.54, 1.807) is 6.92 Å². The van der Waals surface area contributed by atoms with Crippen molar-refractivity contribution in [3.05, 3.63) is 83.5 Å². The Morgan fingerprint density at radius 1 is 1.00 bits per heavy atom. The summed E-state index contributed by atoms with van der Waals surface area (Å²) in [5, 5.41) is 0. The molecule has 0 amide bonds. The first kappa shape index (κ1) is 35.7. The van der Waals surface area contributed by atoms with E-state index in [4.69, 9.17) is 0 Å². The molecule has 0 radical (unpaired) electrons. The highest BCUT2D eigenvalue weighted by atomic mass is 16.1. The normalized spacial score (nSPS) is 14.5. The number of carbonyl (C=O) groups excluding carboxylic acids is 1. The molecule has 2 heteroatoms. The summed E-state index contributed by atoms with van der Waals surface area (Å²) in [5.41, 5.74) is 5.42. The van der Waals surface area contributed by atoms with Gasteiger partial charge in [-0.15, -0.1) is 0 Å². The van der Waals surface area contributed by atoms with Gasteiger partial charge in [0.2, 0.25) is 0 Å². The van der Waals surface area contributed by atoms with Crippen LogP contribution in [0.2, 0.25) is 0 Å². The van der Waals surface area contributed by atoms with Crippen LogP contribution in [0.5, 0.6) is 0 Å². The fourth-order valence-electron chi connectivity index (χ4n) is 3.89. The molecule has 0 saturated heterocycles. The molecule has 0 aliphatic heterocycles. The molecule has 0 saturated carbocycles. The van der Waals surface area contributed by atoms with Crippen LogP contribution in [0.25, 0.3) is 0 Å². The lowest BCUT2D eigenvalue weighted by Gasteiger charge is -2.18. The van der Waals surface area contributed by atoms with E-state index < -0.39 is 0 Å². The summed E-state index contributed by atoms with van der Waals surface area (Å²) in [4.78, 5) is 15.8. The van der Waals surface area contributed by atoms with Crippen LogP contribution in [-0.2, 0) is 4.79 Å². The maximum atomic E-state index is 11.2. The molecule has 0 N–H and O–H groups in total. The highest BCUT2D eigenvalue weighted by Crippen LogP contribution is 2.24. The lowest BCUT2D eigenvalue weighted by molar-refractivity contribution is -0.115. The first-order valence-corrected chi connectivity index (χ1v) is 14.3. The van der Waals surface area contributed by atoms with Gasteiger partial charge in [-0.2, -0.15) is 0 Å². The third kappa shape index (κ3) is 16.2. The van der Waals surface area contributed by atoms with Crippen LogP contribution in [0, 0.1) is 0 Å². The summed E-state index contributed by atoms with van der Waals surface area (Å²) in [7, 11) is 0. The number of unbranched alkanes of at least 4 members (excludes halogenated alkanes) is 2. The topological polar surface area (TPSA) is 29.4 Å². The second-order valence-corrected chi connectivity index (χ2v) is 8.23. The highest BCUT2D eigenvalue weighted by molar-refractivity contribution is 5.92. The first-order chi connectivity index (χ1) is 17.6. The Morgan fingerprint density at radius 2 is 1.67 bits per heavy atom. The Labute approximate surface area is 224 Å². The molecule has 0 bridgehead atoms. The second kappa shape index (κ2) is 25.6. The number of benzene rings is 1. The molecular formula is C34H55NO. The molecule has 36 heavy (non-hydrogen) atoms. The number of rotatable bonds is 11. The van der Waals surface area contributed by atoms with Crippen molar-refractivity contribution in [3.63, 3.8) is 0 Å². The van der Waals surface area contributed by atoms with Gasteiger partial charge in [0.1, 0.15) is 0 Å². The summed E-state index contributed by atoms with van der Waals surface area (Å²) in [6.45, 7) is 18.6. The largest absolute Gasteiger partial charge is 0.298 e. The van der Waals surface area contributed by atoms with E-state index in [2.05, 4.69) is 93.4 Å². The summed E-state index contributed by atoms with van der Waals surface area (Å²) in [5.74, 6) is 0.494. The van der Waals surface area contributed by atoms with Crippen molar-refractivity contribution < 1.29 is 4.79 Å². The molecule has 1 aromatic rings. The van der Waals surface area contributed by atoms with Crippen LogP contribution in [0.3, 0.4) is 0 Å². The number of allylic oxidation sites excluding steroid dienone is 8. The van der Waals surface area contributed by atoms with Gasteiger partial charge in [0.25, 0.3) is 0 Å². The van der Waals surface area contributed by atoms with Gasteiger partial charge >= 0.3 is 0 Å². The third-order valence-electron chi connectivity index (χ3n) is 5.60. The summed E-state index contributed by atoms with van der Waals surface area (Å²) in [6, 6.07) is 10.5. The Morgan fingerprint density at radius 3 is 2.14 bits per heavy atom. The van der Waals surface area contributed by atoms with Gasteiger partial charge in [-0.05, 0) is 62.7 Å². The molecule has 202 valence electrons. The van der Waals surface area contributed by atoms with Gasteiger partial charge < -0.3 is 0 Å². The monoisotopic (exact) mass is 493 g/mol. The van der Waals surface area contributed by atoms with E-state index in [0.29, 0.717) is 12.5 Å². The fourth-order valence-corrected chi connectivity index (χ4v) is 3.89. The molecule has 0 fully saturated rings. The van der Waals surface area contributed by atoms with Gasteiger partial charge in [0, 0.05) is 11.6 Å². The van der Waals surface area contributed by atoms with E-state index in [1.807, 2.05) is 33.8 Å². The molecule has 1 atom stereocenters. The van der Waals surface area contributed by atoms with Crippen LogP contribution in [0.4, 0.5) is 0 Å². The molecule has 1 aliphatic rings. The predicted molar refractivity (Wildman–Crippen MR) is 164 cm³/mol. The van der Waals surface area contributed by atoms with E-state index in [-0.39, 0.29) is 5.78 Å². The molecule has 0 aromatic heterocycles. The molecule has 1 aliphatic carbocycles. The van der Waals surface area contributed by atoms with E-state index in [1.165, 1.54) is 35.3 Å². The van der Waals surface area contributed by atoms with Crippen LogP contribution < -0.4 is 0 Å². The van der Waals surface area contributed by atoms with Crippen molar-refractivity contribution in [2.45, 2.75) is 113 Å². The third-order valence-corrected chi connectivity index (χ3v) is 5.60. The van der Waals surface area contributed by atoms with Crippen LogP contribution in [0.15, 0.2) is 82.9 Å². The maximum Gasteiger partial charge on any atom is 0.151 e. The van der Waals surface area contributed by atoms with Crippen LogP contribution in [0.1, 0.15) is 119 Å². The average Bonchev–Trinajstić information content (AvgIpc) is 2.94. The predicted octanol–water partition coefficient (Wildman–Crippen LogP) is 10.6. The van der Waals surface area contributed by atoms with Gasteiger partial charge in [0.15, 0.2) is 5.78 Å². The van der Waals surface area contributed by atoms with Gasteiger partial charge in [-0.1, -0.05) is 128 Å². The molecule has 1 unspecified atom stereocenters. The van der Waals surface area contributed by atoms with Crippen molar-refractivity contribution in [1.29, 1.82) is 0 Å². The quantitative estimate of drug-likeness (QED) is 0.222. The zero-order valence-corrected chi connectivity index (χ0v) is 24.9. The number of carbonyl (C=O) groups is 1. The Kier molecular flexibility index (Phi) is 25.4. The van der Waals surface area contributed by atoms with Crippen molar-refractivity contribution in [1.82, 2.24) is 0 Å². The first-order valence-electron chi connectivity index (χ1n) is 14.3. The highest BCUT2D eigenvalue weighted by Gasteiger charge is 2.16. The van der Waals surface area contributed by atoms with Gasteiger partial charge in [-0.25, -0.2) is 0 Å². The number of Topliss-reactive ketones (excluding diaryl/α,β-unsaturated/α-hetero) is 1. The minimum atomic E-state index is 0.140. The standard InChI is InChI=1S/C18H27NO.C12H16.2C2H6/c1-4-6-8-13-18(19-14-15(3)20)17(5-2)16-11-9-7-10-12-16;1-3-8-11(4-2)12-9-6-5-7-10-12;2*1-2/h7,9-12,17H,4-6,8,13-14H2,1-3H3;3,5-9H,4,10H2,1-2H3;2*1-2H3/b;8-3-,12-11-;;. The fraction of sp³-hybridized carbons (Fsp3) is 0.529.